The topological polar surface area (TPSA) is 59.3 Å². The van der Waals surface area contributed by atoms with Gasteiger partial charge >= 0.3 is 0 Å². The van der Waals surface area contributed by atoms with E-state index < -0.39 is 10.8 Å². The van der Waals surface area contributed by atoms with Crippen LogP contribution in [0.2, 0.25) is 5.02 Å². The molecule has 0 radical (unpaired) electrons. The summed E-state index contributed by atoms with van der Waals surface area (Å²) in [6.07, 6.45) is 0. The molecule has 0 unspecified atom stereocenters. The molecule has 2 aromatic carbocycles. The highest BCUT2D eigenvalue weighted by Crippen LogP contribution is 2.17. The van der Waals surface area contributed by atoms with Crippen molar-refractivity contribution >= 4 is 28.3 Å². The van der Waals surface area contributed by atoms with Crippen molar-refractivity contribution in [1.82, 2.24) is 5.32 Å². The van der Waals surface area contributed by atoms with Crippen LogP contribution >= 0.6 is 11.6 Å². The molecule has 0 aliphatic rings. The van der Waals surface area contributed by atoms with Gasteiger partial charge in [0.15, 0.2) is 5.76 Å². The molecule has 0 aliphatic heterocycles. The van der Waals surface area contributed by atoms with Crippen molar-refractivity contribution in [3.8, 4) is 0 Å². The minimum atomic E-state index is -1.22. The van der Waals surface area contributed by atoms with Gasteiger partial charge in [0.25, 0.3) is 5.91 Å². The predicted octanol–water partition coefficient (Wildman–Crippen LogP) is 4.48. The number of hydrogen-bond acceptors (Lipinski definition) is 3. The zero-order valence-corrected chi connectivity index (χ0v) is 15.8. The van der Waals surface area contributed by atoms with Crippen molar-refractivity contribution in [2.45, 2.75) is 24.1 Å². The van der Waals surface area contributed by atoms with Crippen molar-refractivity contribution in [3.63, 3.8) is 0 Å². The molecule has 1 atom stereocenters. The Kier molecular flexibility index (Phi) is 5.91. The SMILES string of the molecule is Cc1cccc([S@@](=O)Cc2ccc(C(=O)NCc3ccccc3Cl)o2)c1. The summed E-state index contributed by atoms with van der Waals surface area (Å²) in [5.41, 5.74) is 1.88. The molecule has 0 bridgehead atoms. The normalized spacial score (nSPS) is 11.9. The van der Waals surface area contributed by atoms with Crippen LogP contribution in [-0.2, 0) is 23.1 Å². The van der Waals surface area contributed by atoms with Gasteiger partial charge in [0, 0.05) is 16.5 Å². The summed E-state index contributed by atoms with van der Waals surface area (Å²) in [6, 6.07) is 18.1. The molecule has 26 heavy (non-hydrogen) atoms. The van der Waals surface area contributed by atoms with Gasteiger partial charge in [-0.25, -0.2) is 0 Å². The second kappa shape index (κ2) is 8.34. The lowest BCUT2D eigenvalue weighted by atomic mass is 10.2. The van der Waals surface area contributed by atoms with Crippen LogP contribution in [0.25, 0.3) is 0 Å². The molecule has 0 fully saturated rings. The van der Waals surface area contributed by atoms with Crippen LogP contribution in [0.4, 0.5) is 0 Å². The zero-order chi connectivity index (χ0) is 18.5. The summed E-state index contributed by atoms with van der Waals surface area (Å²) >= 11 is 6.08. The van der Waals surface area contributed by atoms with Crippen LogP contribution in [0.1, 0.15) is 27.4 Å². The molecular formula is C20H18ClNO3S. The molecule has 0 aliphatic carbocycles. The fourth-order valence-corrected chi connectivity index (χ4v) is 3.78. The summed E-state index contributed by atoms with van der Waals surface area (Å²) in [5, 5.41) is 3.37. The summed E-state index contributed by atoms with van der Waals surface area (Å²) in [4.78, 5) is 13.0. The molecule has 1 aromatic heterocycles. The average molecular weight is 388 g/mol. The maximum Gasteiger partial charge on any atom is 0.287 e. The fourth-order valence-electron chi connectivity index (χ4n) is 2.45. The average Bonchev–Trinajstić information content (AvgIpc) is 3.09. The molecule has 0 saturated heterocycles. The first-order chi connectivity index (χ1) is 12.5. The van der Waals surface area contributed by atoms with E-state index in [1.807, 2.05) is 49.4 Å². The Morgan fingerprint density at radius 1 is 1.12 bits per heavy atom. The fraction of sp³-hybridized carbons (Fsp3) is 0.150. The van der Waals surface area contributed by atoms with Crippen molar-refractivity contribution in [1.29, 1.82) is 0 Å². The number of aryl methyl sites for hydroxylation is 1. The van der Waals surface area contributed by atoms with E-state index in [4.69, 9.17) is 16.0 Å². The van der Waals surface area contributed by atoms with Gasteiger partial charge in [-0.3, -0.25) is 9.00 Å². The number of amides is 1. The standard InChI is InChI=1S/C20H18ClNO3S/c1-14-5-4-7-17(11-14)26(24)13-16-9-10-19(25-16)20(23)22-12-15-6-2-3-8-18(15)21/h2-11H,12-13H2,1H3,(H,22,23)/t26-/m0/s1. The van der Waals surface area contributed by atoms with Crippen LogP contribution in [-0.4, -0.2) is 10.1 Å². The number of halogens is 1. The molecule has 3 aromatic rings. The Labute approximate surface area is 159 Å². The van der Waals surface area contributed by atoms with Gasteiger partial charge in [0.2, 0.25) is 0 Å². The minimum Gasteiger partial charge on any atom is -0.455 e. The summed E-state index contributed by atoms with van der Waals surface area (Å²) in [7, 11) is -1.22. The number of hydrogen-bond donors (Lipinski definition) is 1. The first-order valence-corrected chi connectivity index (χ1v) is 9.78. The van der Waals surface area contributed by atoms with Gasteiger partial charge in [-0.2, -0.15) is 0 Å². The highest BCUT2D eigenvalue weighted by Gasteiger charge is 2.14. The van der Waals surface area contributed by atoms with Crippen LogP contribution in [0.3, 0.4) is 0 Å². The molecule has 1 N–H and O–H groups in total. The Morgan fingerprint density at radius 3 is 2.69 bits per heavy atom. The number of nitrogens with one attached hydrogen (secondary N) is 1. The van der Waals surface area contributed by atoms with Crippen LogP contribution < -0.4 is 5.32 Å². The van der Waals surface area contributed by atoms with Gasteiger partial charge in [0.05, 0.1) is 16.6 Å². The number of carbonyl (C=O) groups excluding carboxylic acids is 1. The second-order valence-electron chi connectivity index (χ2n) is 5.85. The number of benzene rings is 2. The van der Waals surface area contributed by atoms with Gasteiger partial charge in [0.1, 0.15) is 5.76 Å². The quantitative estimate of drug-likeness (QED) is 0.678. The van der Waals surface area contributed by atoms with Crippen LogP contribution in [0.5, 0.6) is 0 Å². The predicted molar refractivity (Wildman–Crippen MR) is 103 cm³/mol. The Balaban J connectivity index is 1.61. The van der Waals surface area contributed by atoms with E-state index in [9.17, 15) is 9.00 Å². The highest BCUT2D eigenvalue weighted by atomic mass is 35.5. The molecule has 6 heteroatoms. The second-order valence-corrected chi connectivity index (χ2v) is 7.70. The highest BCUT2D eigenvalue weighted by molar-refractivity contribution is 7.84. The molecule has 0 saturated carbocycles. The smallest absolute Gasteiger partial charge is 0.287 e. The van der Waals surface area contributed by atoms with E-state index in [-0.39, 0.29) is 17.4 Å². The first-order valence-electron chi connectivity index (χ1n) is 8.08. The summed E-state index contributed by atoms with van der Waals surface area (Å²) in [6.45, 7) is 2.26. The lowest BCUT2D eigenvalue weighted by Gasteiger charge is -2.05. The van der Waals surface area contributed by atoms with E-state index in [1.54, 1.807) is 18.2 Å². The summed E-state index contributed by atoms with van der Waals surface area (Å²) < 4.78 is 18.0. The van der Waals surface area contributed by atoms with Crippen molar-refractivity contribution in [2.24, 2.45) is 0 Å². The first kappa shape index (κ1) is 18.4. The van der Waals surface area contributed by atoms with Gasteiger partial charge in [-0.05, 0) is 48.4 Å². The molecule has 4 nitrogen and oxygen atoms in total. The van der Waals surface area contributed by atoms with Crippen molar-refractivity contribution < 1.29 is 13.4 Å². The third kappa shape index (κ3) is 4.62. The van der Waals surface area contributed by atoms with Crippen molar-refractivity contribution in [2.75, 3.05) is 0 Å². The van der Waals surface area contributed by atoms with E-state index >= 15 is 0 Å². The molecule has 0 spiro atoms. The van der Waals surface area contributed by atoms with E-state index in [2.05, 4.69) is 5.32 Å². The van der Waals surface area contributed by atoms with Crippen molar-refractivity contribution in [3.05, 3.63) is 88.3 Å². The van der Waals surface area contributed by atoms with Gasteiger partial charge in [-0.15, -0.1) is 0 Å². The lowest BCUT2D eigenvalue weighted by Crippen LogP contribution is -2.22. The van der Waals surface area contributed by atoms with E-state index in [0.717, 1.165) is 16.0 Å². The van der Waals surface area contributed by atoms with Crippen LogP contribution in [0.15, 0.2) is 70.0 Å². The number of furan rings is 1. The minimum absolute atomic E-state index is 0.188. The summed E-state index contributed by atoms with van der Waals surface area (Å²) in [5.74, 6) is 0.583. The van der Waals surface area contributed by atoms with Gasteiger partial charge in [-0.1, -0.05) is 41.9 Å². The molecule has 3 rings (SSSR count). The molecule has 1 amide bonds. The monoisotopic (exact) mass is 387 g/mol. The van der Waals surface area contributed by atoms with E-state index in [1.165, 1.54) is 0 Å². The molecule has 134 valence electrons. The number of carbonyl (C=O) groups is 1. The Bertz CT molecular complexity index is 951. The third-order valence-electron chi connectivity index (χ3n) is 3.81. The lowest BCUT2D eigenvalue weighted by molar-refractivity contribution is 0.0921. The largest absolute Gasteiger partial charge is 0.455 e. The maximum atomic E-state index is 12.4. The van der Waals surface area contributed by atoms with E-state index in [0.29, 0.717) is 17.3 Å². The molecule has 1 heterocycles. The Hall–Kier alpha value is -2.37. The maximum absolute atomic E-state index is 12.4. The Morgan fingerprint density at radius 2 is 1.92 bits per heavy atom. The zero-order valence-electron chi connectivity index (χ0n) is 14.2. The van der Waals surface area contributed by atoms with Gasteiger partial charge < -0.3 is 9.73 Å². The van der Waals surface area contributed by atoms with Crippen LogP contribution in [0, 0.1) is 6.92 Å². The number of rotatable bonds is 6. The third-order valence-corrected chi connectivity index (χ3v) is 5.50. The molecular weight excluding hydrogens is 370 g/mol.